The first-order chi connectivity index (χ1) is 33.2. The molecule has 0 spiro atoms. The van der Waals surface area contributed by atoms with Crippen LogP contribution in [0, 0.1) is 5.92 Å². The molecule has 0 amide bonds. The standard InChI is InChI=1S/C61H37N3O2S/c1-5-13-47-37(9-1)38-10-2-6-14-48(38)62(47)34-18-23-50-45(31-34)59-52(64(50)35-19-26-54-44(30-35)39-11-4-8-16-53(39)65-54)25-22-41-40-21-24-51-58(60(40)66-61(41)59)42-12-3-7-15-49(42)63(51)36-20-28-55-46(32-36)57-43-29-33(43)17-27-56(57)67-55/h1-28,30-33,42-43,49H,29H2/t33?,42?,43-,49?/m0/s1. The second-order valence-corrected chi connectivity index (χ2v) is 20.2. The van der Waals surface area contributed by atoms with Gasteiger partial charge in [-0.15, -0.1) is 11.3 Å². The van der Waals surface area contributed by atoms with Crippen LogP contribution >= 0.6 is 11.3 Å². The van der Waals surface area contributed by atoms with Gasteiger partial charge in [0, 0.05) is 81.5 Å². The molecule has 3 aliphatic carbocycles. The number of nitrogens with zero attached hydrogens (tertiary/aromatic N) is 3. The molecule has 0 radical (unpaired) electrons. The number of anilines is 2. The van der Waals surface area contributed by atoms with Crippen molar-refractivity contribution in [1.82, 2.24) is 9.13 Å². The van der Waals surface area contributed by atoms with E-state index in [1.807, 2.05) is 17.4 Å². The van der Waals surface area contributed by atoms with Crippen LogP contribution in [0.15, 0.2) is 191 Å². The van der Waals surface area contributed by atoms with Crippen molar-refractivity contribution < 1.29 is 8.83 Å². The zero-order chi connectivity index (χ0) is 43.2. The summed E-state index contributed by atoms with van der Waals surface area (Å²) in [5.41, 5.74) is 15.8. The summed E-state index contributed by atoms with van der Waals surface area (Å²) in [6, 6.07) is 56.0. The van der Waals surface area contributed by atoms with Gasteiger partial charge in [0.25, 0.3) is 0 Å². The fourth-order valence-corrected chi connectivity index (χ4v) is 13.9. The first kappa shape index (κ1) is 35.2. The van der Waals surface area contributed by atoms with E-state index >= 15 is 0 Å². The second-order valence-electron chi connectivity index (χ2n) is 19.1. The van der Waals surface area contributed by atoms with Crippen LogP contribution in [0.25, 0.3) is 115 Å². The molecule has 5 aromatic heterocycles. The molecule has 13 aromatic rings. The maximum Gasteiger partial charge on any atom is 0.145 e. The molecule has 1 fully saturated rings. The van der Waals surface area contributed by atoms with Crippen molar-refractivity contribution in [2.75, 3.05) is 4.90 Å². The zero-order valence-corrected chi connectivity index (χ0v) is 36.8. The smallest absolute Gasteiger partial charge is 0.145 e. The number of thiophene rings is 1. The predicted octanol–water partition coefficient (Wildman–Crippen LogP) is 16.8. The molecule has 8 aromatic carbocycles. The number of benzene rings is 8. The number of hydrogen-bond acceptors (Lipinski definition) is 4. The van der Waals surface area contributed by atoms with Gasteiger partial charge in [-0.25, -0.2) is 0 Å². The number of furan rings is 2. The molecule has 6 heteroatoms. The van der Waals surface area contributed by atoms with Gasteiger partial charge in [-0.1, -0.05) is 85.0 Å². The van der Waals surface area contributed by atoms with E-state index in [1.165, 1.54) is 60.1 Å². The summed E-state index contributed by atoms with van der Waals surface area (Å²) in [6.45, 7) is 0. The summed E-state index contributed by atoms with van der Waals surface area (Å²) in [6.07, 6.45) is 15.3. The topological polar surface area (TPSA) is 39.4 Å². The Labute approximate surface area is 386 Å². The van der Waals surface area contributed by atoms with Crippen LogP contribution in [0.4, 0.5) is 11.4 Å². The van der Waals surface area contributed by atoms with Gasteiger partial charge >= 0.3 is 0 Å². The molecule has 1 saturated carbocycles. The van der Waals surface area contributed by atoms with E-state index in [1.54, 1.807) is 5.56 Å². The van der Waals surface area contributed by atoms with Gasteiger partial charge in [0.15, 0.2) is 0 Å². The van der Waals surface area contributed by atoms with Crippen LogP contribution in [0.1, 0.15) is 34.3 Å². The molecule has 4 atom stereocenters. The number of aromatic nitrogens is 2. The van der Waals surface area contributed by atoms with E-state index in [2.05, 4.69) is 196 Å². The average Bonchev–Trinajstić information content (AvgIpc) is 3.85. The molecule has 0 bridgehead atoms. The molecule has 0 saturated heterocycles. The van der Waals surface area contributed by atoms with Crippen LogP contribution in [-0.2, 0) is 0 Å². The summed E-state index contributed by atoms with van der Waals surface area (Å²) < 4.78 is 20.1. The molecular formula is C61H37N3O2S. The molecular weight excluding hydrogens is 839 g/mol. The Morgan fingerprint density at radius 2 is 1.15 bits per heavy atom. The Hall–Kier alpha value is -8.06. The third kappa shape index (κ3) is 4.54. The van der Waals surface area contributed by atoms with Crippen molar-refractivity contribution in [3.8, 4) is 11.4 Å². The lowest BCUT2D eigenvalue weighted by Crippen LogP contribution is -2.28. The predicted molar refractivity (Wildman–Crippen MR) is 278 cm³/mol. The summed E-state index contributed by atoms with van der Waals surface area (Å²) in [4.78, 5) is 4.02. The fourth-order valence-electron chi connectivity index (χ4n) is 12.7. The largest absolute Gasteiger partial charge is 0.456 e. The second kappa shape index (κ2) is 12.4. The van der Waals surface area contributed by atoms with Gasteiger partial charge in [0.1, 0.15) is 22.3 Å². The number of rotatable bonds is 3. The number of allylic oxidation sites excluding steroid dienone is 3. The summed E-state index contributed by atoms with van der Waals surface area (Å²) >= 11 is 1.94. The normalized spacial score (nSPS) is 19.4. The summed E-state index contributed by atoms with van der Waals surface area (Å²) in [5.74, 6) is 1.52. The molecule has 67 heavy (non-hydrogen) atoms. The van der Waals surface area contributed by atoms with E-state index in [9.17, 15) is 0 Å². The van der Waals surface area contributed by atoms with Crippen molar-refractivity contribution in [2.45, 2.75) is 24.3 Å². The van der Waals surface area contributed by atoms with Gasteiger partial charge < -0.3 is 22.9 Å². The maximum atomic E-state index is 7.51. The number of para-hydroxylation sites is 3. The van der Waals surface area contributed by atoms with E-state index < -0.39 is 0 Å². The van der Waals surface area contributed by atoms with E-state index in [-0.39, 0.29) is 12.0 Å². The van der Waals surface area contributed by atoms with Crippen molar-refractivity contribution in [2.24, 2.45) is 5.92 Å². The lowest BCUT2D eigenvalue weighted by Gasteiger charge is -2.28. The Balaban J connectivity index is 0.932. The van der Waals surface area contributed by atoms with Gasteiger partial charge in [0.2, 0.25) is 0 Å². The minimum absolute atomic E-state index is 0.141. The highest BCUT2D eigenvalue weighted by atomic mass is 32.1. The quantitative estimate of drug-likeness (QED) is 0.178. The SMILES string of the molecule is C1=CC2c3c(ccc4c3oc3c4ccc4c3c3cc(-n5c6ccccc6c6ccccc65)ccc3n4-c3ccc4oc5ccccc5c4c3)N(c3ccc4sc5c(c4c3)[C@H]3CC3C=C5)C2C=C1. The monoisotopic (exact) mass is 875 g/mol. The van der Waals surface area contributed by atoms with Gasteiger partial charge in [-0.05, 0) is 132 Å². The molecule has 5 nitrogen and oxygen atoms in total. The lowest BCUT2D eigenvalue weighted by atomic mass is 9.90. The van der Waals surface area contributed by atoms with Crippen LogP contribution < -0.4 is 4.90 Å². The third-order valence-electron chi connectivity index (χ3n) is 15.7. The van der Waals surface area contributed by atoms with Crippen LogP contribution in [0.3, 0.4) is 0 Å². The molecule has 314 valence electrons. The first-order valence-corrected chi connectivity index (χ1v) is 24.3. The molecule has 0 N–H and O–H groups in total. The minimum Gasteiger partial charge on any atom is -0.456 e. The van der Waals surface area contributed by atoms with E-state index in [0.717, 1.165) is 77.1 Å². The Bertz CT molecular complexity index is 4430. The first-order valence-electron chi connectivity index (χ1n) is 23.5. The summed E-state index contributed by atoms with van der Waals surface area (Å²) in [7, 11) is 0. The Morgan fingerprint density at radius 3 is 2.03 bits per heavy atom. The highest BCUT2D eigenvalue weighted by Crippen LogP contribution is 2.58. The molecule has 1 aliphatic heterocycles. The highest BCUT2D eigenvalue weighted by Gasteiger charge is 2.43. The zero-order valence-electron chi connectivity index (χ0n) is 36.0. The fraction of sp³-hybridized carbons (Fsp3) is 0.0820. The Kier molecular flexibility index (Phi) is 6.54. The molecule has 17 rings (SSSR count). The average molecular weight is 876 g/mol. The highest BCUT2D eigenvalue weighted by molar-refractivity contribution is 7.20. The Morgan fingerprint density at radius 1 is 0.478 bits per heavy atom. The van der Waals surface area contributed by atoms with Crippen molar-refractivity contribution in [3.05, 3.63) is 198 Å². The van der Waals surface area contributed by atoms with Crippen LogP contribution in [0.2, 0.25) is 0 Å². The number of hydrogen-bond donors (Lipinski definition) is 0. The van der Waals surface area contributed by atoms with E-state index in [0.29, 0.717) is 11.8 Å². The maximum absolute atomic E-state index is 7.51. The molecule has 4 aliphatic rings. The van der Waals surface area contributed by atoms with E-state index in [4.69, 9.17) is 8.83 Å². The van der Waals surface area contributed by atoms with Gasteiger partial charge in [-0.3, -0.25) is 0 Å². The lowest BCUT2D eigenvalue weighted by molar-refractivity contribution is 0.659. The molecule has 6 heterocycles. The van der Waals surface area contributed by atoms with Gasteiger partial charge in [0.05, 0.1) is 33.5 Å². The molecule has 3 unspecified atom stereocenters. The van der Waals surface area contributed by atoms with Crippen molar-refractivity contribution >= 4 is 126 Å². The minimum atomic E-state index is 0.141. The number of fused-ring (bicyclic) bond motifs is 22. The van der Waals surface area contributed by atoms with Crippen LogP contribution in [-0.4, -0.2) is 15.2 Å². The van der Waals surface area contributed by atoms with Gasteiger partial charge in [-0.2, -0.15) is 0 Å². The third-order valence-corrected chi connectivity index (χ3v) is 16.9. The van der Waals surface area contributed by atoms with Crippen LogP contribution in [0.5, 0.6) is 0 Å². The van der Waals surface area contributed by atoms with Crippen molar-refractivity contribution in [3.63, 3.8) is 0 Å². The summed E-state index contributed by atoms with van der Waals surface area (Å²) in [5, 5.41) is 10.7. The van der Waals surface area contributed by atoms with Crippen molar-refractivity contribution in [1.29, 1.82) is 0 Å².